The fourth-order valence-electron chi connectivity index (χ4n) is 2.70. The van der Waals surface area contributed by atoms with E-state index in [0.29, 0.717) is 0 Å². The molecule has 0 saturated carbocycles. The van der Waals surface area contributed by atoms with Gasteiger partial charge in [0.05, 0.1) is 0 Å². The summed E-state index contributed by atoms with van der Waals surface area (Å²) in [6.45, 7) is -2.11. The second kappa shape index (κ2) is 6.58. The summed E-state index contributed by atoms with van der Waals surface area (Å²) < 4.78 is 0. The van der Waals surface area contributed by atoms with Gasteiger partial charge in [-0.05, 0) is 0 Å². The van der Waals surface area contributed by atoms with Crippen LogP contribution in [0, 0.1) is 0 Å². The zero-order valence-electron chi connectivity index (χ0n) is 11.5. The van der Waals surface area contributed by atoms with Crippen molar-refractivity contribution in [2.45, 2.75) is 0 Å². The molecule has 0 atom stereocenters. The molecule has 0 aliphatic rings. The van der Waals surface area contributed by atoms with Gasteiger partial charge in [0.2, 0.25) is 0 Å². The van der Waals surface area contributed by atoms with Crippen molar-refractivity contribution >= 4 is 41.7 Å². The summed E-state index contributed by atoms with van der Waals surface area (Å²) in [7, 11) is 1.04. The third-order valence-corrected chi connectivity index (χ3v) is 13.1. The average Bonchev–Trinajstić information content (AvgIpc) is 2.59. The van der Waals surface area contributed by atoms with E-state index in [9.17, 15) is 0 Å². The van der Waals surface area contributed by atoms with E-state index >= 15 is 0 Å². The van der Waals surface area contributed by atoms with E-state index in [1.165, 1.54) is 15.9 Å². The van der Waals surface area contributed by atoms with Crippen LogP contribution < -0.4 is 15.9 Å². The Labute approximate surface area is 132 Å². The Morgan fingerprint density at radius 1 is 0.524 bits per heavy atom. The summed E-state index contributed by atoms with van der Waals surface area (Å²) in [5.41, 5.74) is 0. The summed E-state index contributed by atoms with van der Waals surface area (Å²) in [5.74, 6) is 0. The second-order valence-corrected chi connectivity index (χ2v) is 12.4. The summed E-state index contributed by atoms with van der Waals surface area (Å²) >= 11 is 5.67. The fraction of sp³-hybridized carbons (Fsp3) is 0. The van der Waals surface area contributed by atoms with Crippen LogP contribution in [0.2, 0.25) is 0 Å². The van der Waals surface area contributed by atoms with Gasteiger partial charge in [-0.15, -0.1) is 0 Å². The molecule has 0 unspecified atom stereocenters. The standard InChI is InChI=1S/C18H16P2S/c21-19-20(16-10-4-1-5-11-16,17-12-6-2-7-13-17)18-14-8-3-9-15-18/h1-15,20H. The quantitative estimate of drug-likeness (QED) is 0.652. The normalized spacial score (nSPS) is 12.2. The van der Waals surface area contributed by atoms with E-state index < -0.39 is 6.95 Å². The predicted molar refractivity (Wildman–Crippen MR) is 101 cm³/mol. The van der Waals surface area contributed by atoms with E-state index in [0.717, 1.165) is 7.04 Å². The monoisotopic (exact) mass is 326 g/mol. The Kier molecular flexibility index (Phi) is 4.56. The van der Waals surface area contributed by atoms with Gasteiger partial charge in [-0.3, -0.25) is 0 Å². The van der Waals surface area contributed by atoms with Crippen molar-refractivity contribution in [3.8, 4) is 0 Å². The molecule has 0 saturated heterocycles. The molecular weight excluding hydrogens is 310 g/mol. The molecule has 3 heteroatoms. The maximum absolute atomic E-state index is 5.67. The second-order valence-electron chi connectivity index (χ2n) is 4.90. The zero-order valence-corrected chi connectivity index (χ0v) is 14.2. The van der Waals surface area contributed by atoms with Crippen molar-refractivity contribution in [3.05, 3.63) is 91.0 Å². The van der Waals surface area contributed by atoms with Crippen LogP contribution >= 0.6 is 14.0 Å². The molecule has 21 heavy (non-hydrogen) atoms. The van der Waals surface area contributed by atoms with E-state index in [2.05, 4.69) is 91.0 Å². The van der Waals surface area contributed by atoms with Crippen molar-refractivity contribution < 1.29 is 0 Å². The van der Waals surface area contributed by atoms with E-state index in [1.807, 2.05) is 0 Å². The topological polar surface area (TPSA) is 0 Å². The molecule has 3 aromatic carbocycles. The van der Waals surface area contributed by atoms with Crippen LogP contribution in [0.4, 0.5) is 0 Å². The first-order valence-corrected chi connectivity index (χ1v) is 11.6. The maximum atomic E-state index is 5.67. The van der Waals surface area contributed by atoms with E-state index in [1.54, 1.807) is 0 Å². The Bertz CT molecular complexity index is 615. The van der Waals surface area contributed by atoms with Crippen molar-refractivity contribution in [2.75, 3.05) is 0 Å². The summed E-state index contributed by atoms with van der Waals surface area (Å²) in [5, 5.41) is 4.12. The minimum atomic E-state index is -2.11. The van der Waals surface area contributed by atoms with Gasteiger partial charge in [0.1, 0.15) is 0 Å². The molecular formula is C18H16P2S. The predicted octanol–water partition coefficient (Wildman–Crippen LogP) is 4.04. The van der Waals surface area contributed by atoms with Gasteiger partial charge in [-0.2, -0.15) is 0 Å². The molecule has 0 nitrogen and oxygen atoms in total. The summed E-state index contributed by atoms with van der Waals surface area (Å²) in [4.78, 5) is 0. The third kappa shape index (κ3) is 2.70. The number of rotatable bonds is 4. The molecule has 104 valence electrons. The minimum absolute atomic E-state index is 1.04. The van der Waals surface area contributed by atoms with Crippen molar-refractivity contribution in [1.29, 1.82) is 0 Å². The molecule has 0 spiro atoms. The molecule has 3 aromatic rings. The SMILES string of the molecule is S=P[PH](c1ccccc1)(c1ccccc1)c1ccccc1. The van der Waals surface area contributed by atoms with Gasteiger partial charge in [-0.1, -0.05) is 0 Å². The molecule has 0 aliphatic heterocycles. The summed E-state index contributed by atoms with van der Waals surface area (Å²) in [6.07, 6.45) is 0. The molecule has 0 N–H and O–H groups in total. The number of hydrogen-bond acceptors (Lipinski definition) is 1. The van der Waals surface area contributed by atoms with Crippen molar-refractivity contribution in [3.63, 3.8) is 0 Å². The Hall–Kier alpha value is -1.39. The van der Waals surface area contributed by atoms with Crippen LogP contribution in [0.1, 0.15) is 0 Å². The van der Waals surface area contributed by atoms with E-state index in [4.69, 9.17) is 11.8 Å². The van der Waals surface area contributed by atoms with E-state index in [-0.39, 0.29) is 0 Å². The third-order valence-electron chi connectivity index (χ3n) is 3.71. The van der Waals surface area contributed by atoms with Crippen LogP contribution in [0.3, 0.4) is 0 Å². The molecule has 0 aromatic heterocycles. The molecule has 0 amide bonds. The Morgan fingerprint density at radius 2 is 0.810 bits per heavy atom. The van der Waals surface area contributed by atoms with Crippen LogP contribution in [-0.4, -0.2) is 0 Å². The van der Waals surface area contributed by atoms with Crippen LogP contribution in [0.25, 0.3) is 0 Å². The van der Waals surface area contributed by atoms with Gasteiger partial charge < -0.3 is 0 Å². The van der Waals surface area contributed by atoms with Gasteiger partial charge in [0.25, 0.3) is 0 Å². The van der Waals surface area contributed by atoms with Gasteiger partial charge in [0.15, 0.2) is 0 Å². The number of benzene rings is 3. The Morgan fingerprint density at radius 3 is 1.05 bits per heavy atom. The average molecular weight is 326 g/mol. The van der Waals surface area contributed by atoms with Crippen molar-refractivity contribution in [1.82, 2.24) is 0 Å². The Balaban J connectivity index is 2.31. The summed E-state index contributed by atoms with van der Waals surface area (Å²) in [6, 6.07) is 32.3. The molecule has 0 aliphatic carbocycles. The molecule has 0 bridgehead atoms. The number of hydrogen-bond donors (Lipinski definition) is 0. The van der Waals surface area contributed by atoms with Gasteiger partial charge >= 0.3 is 133 Å². The molecule has 0 heterocycles. The zero-order chi connectivity index (χ0) is 14.5. The fourth-order valence-corrected chi connectivity index (χ4v) is 11.2. The van der Waals surface area contributed by atoms with Crippen LogP contribution in [-0.2, 0) is 11.8 Å². The van der Waals surface area contributed by atoms with Crippen LogP contribution in [0.15, 0.2) is 91.0 Å². The first kappa shape index (κ1) is 14.5. The van der Waals surface area contributed by atoms with Crippen molar-refractivity contribution in [2.24, 2.45) is 0 Å². The first-order valence-electron chi connectivity index (χ1n) is 6.89. The molecule has 0 radical (unpaired) electrons. The molecule has 0 fully saturated rings. The van der Waals surface area contributed by atoms with Crippen LogP contribution in [0.5, 0.6) is 0 Å². The first-order chi connectivity index (χ1) is 10.4. The molecule has 3 rings (SSSR count). The van der Waals surface area contributed by atoms with Gasteiger partial charge in [0, 0.05) is 0 Å². The van der Waals surface area contributed by atoms with Gasteiger partial charge in [-0.25, -0.2) is 0 Å².